The molecule has 126 valence electrons. The summed E-state index contributed by atoms with van der Waals surface area (Å²) < 4.78 is 0. The quantitative estimate of drug-likeness (QED) is 0.883. The number of nitrogens with two attached hydrogens (primary N) is 1. The van der Waals surface area contributed by atoms with Crippen LogP contribution in [0.15, 0.2) is 36.5 Å². The molecule has 2 aromatic heterocycles. The van der Waals surface area contributed by atoms with E-state index in [4.69, 9.17) is 10.7 Å². The molecule has 2 heterocycles. The average molecular weight is 325 g/mol. The van der Waals surface area contributed by atoms with Crippen LogP contribution in [-0.2, 0) is 12.8 Å². The van der Waals surface area contributed by atoms with E-state index in [-0.39, 0.29) is 5.92 Å². The fraction of sp³-hybridized carbons (Fsp3) is 0.421. The predicted octanol–water partition coefficient (Wildman–Crippen LogP) is 2.38. The normalized spacial score (nSPS) is 20.7. The number of aliphatic hydroxyl groups excluding tert-OH is 1. The Morgan fingerprint density at radius 2 is 1.92 bits per heavy atom. The maximum atomic E-state index is 11.8. The standard InChI is InChI=1S/C19H23N3O2/c20-19(24)16-11-10-14(9-8-13-5-3-4-12-21-13)22-18(16)15-6-1-2-7-17(15)23/h3-5,10-12,15,17,23H,1-2,6-9H2,(H2,20,24)/t15-,17+/m0/s1. The van der Waals surface area contributed by atoms with Gasteiger partial charge in [-0.25, -0.2) is 0 Å². The van der Waals surface area contributed by atoms with Crippen LogP contribution in [0.5, 0.6) is 0 Å². The molecule has 0 bridgehead atoms. The Labute approximate surface area is 142 Å². The SMILES string of the molecule is NC(=O)c1ccc(CCc2ccccn2)nc1[C@H]1CCCC[C@H]1O. The smallest absolute Gasteiger partial charge is 0.250 e. The first kappa shape index (κ1) is 16.6. The van der Waals surface area contributed by atoms with Crippen molar-refractivity contribution in [3.8, 4) is 0 Å². The summed E-state index contributed by atoms with van der Waals surface area (Å²) in [6.07, 6.45) is 6.52. The molecule has 3 N–H and O–H groups in total. The highest BCUT2D eigenvalue weighted by Crippen LogP contribution is 2.34. The summed E-state index contributed by atoms with van der Waals surface area (Å²) in [5.41, 5.74) is 8.52. The number of hydrogen-bond donors (Lipinski definition) is 2. The third kappa shape index (κ3) is 3.79. The maximum Gasteiger partial charge on any atom is 0.250 e. The van der Waals surface area contributed by atoms with Crippen LogP contribution in [0, 0.1) is 0 Å². The second-order valence-electron chi connectivity index (χ2n) is 6.38. The molecule has 5 heteroatoms. The number of pyridine rings is 2. The van der Waals surface area contributed by atoms with Crippen molar-refractivity contribution in [2.24, 2.45) is 5.73 Å². The molecule has 3 rings (SSSR count). The van der Waals surface area contributed by atoms with E-state index in [1.807, 2.05) is 24.3 Å². The topological polar surface area (TPSA) is 89.1 Å². The molecule has 24 heavy (non-hydrogen) atoms. The Hall–Kier alpha value is -2.27. The molecule has 1 aliphatic rings. The fourth-order valence-corrected chi connectivity index (χ4v) is 3.38. The second-order valence-corrected chi connectivity index (χ2v) is 6.38. The molecule has 0 aliphatic heterocycles. The number of aryl methyl sites for hydroxylation is 2. The van der Waals surface area contributed by atoms with E-state index in [9.17, 15) is 9.90 Å². The highest BCUT2D eigenvalue weighted by Gasteiger charge is 2.29. The zero-order valence-corrected chi connectivity index (χ0v) is 13.7. The van der Waals surface area contributed by atoms with Gasteiger partial charge in [-0.1, -0.05) is 18.9 Å². The van der Waals surface area contributed by atoms with Gasteiger partial charge in [0.05, 0.1) is 17.4 Å². The maximum absolute atomic E-state index is 11.8. The van der Waals surface area contributed by atoms with Gasteiger partial charge in [0.25, 0.3) is 5.91 Å². The lowest BCUT2D eigenvalue weighted by molar-refractivity contribution is 0.0971. The molecule has 1 fully saturated rings. The highest BCUT2D eigenvalue weighted by molar-refractivity contribution is 5.94. The number of rotatable bonds is 5. The third-order valence-corrected chi connectivity index (χ3v) is 4.69. The van der Waals surface area contributed by atoms with Gasteiger partial charge in [0, 0.05) is 23.5 Å². The number of nitrogens with zero attached hydrogens (tertiary/aromatic N) is 2. The Morgan fingerprint density at radius 1 is 1.12 bits per heavy atom. The van der Waals surface area contributed by atoms with Crippen molar-refractivity contribution in [3.05, 3.63) is 59.2 Å². The van der Waals surface area contributed by atoms with Crippen LogP contribution in [0.3, 0.4) is 0 Å². The molecule has 1 aliphatic carbocycles. The monoisotopic (exact) mass is 325 g/mol. The molecule has 0 aromatic carbocycles. The second kappa shape index (κ2) is 7.53. The summed E-state index contributed by atoms with van der Waals surface area (Å²) in [4.78, 5) is 20.8. The molecule has 2 atom stereocenters. The van der Waals surface area contributed by atoms with Crippen molar-refractivity contribution in [2.45, 2.75) is 50.5 Å². The molecule has 0 saturated heterocycles. The minimum Gasteiger partial charge on any atom is -0.392 e. The molecule has 2 aromatic rings. The van der Waals surface area contributed by atoms with E-state index in [0.717, 1.165) is 49.9 Å². The lowest BCUT2D eigenvalue weighted by Gasteiger charge is -2.28. The molecule has 0 unspecified atom stereocenters. The minimum atomic E-state index is -0.480. The van der Waals surface area contributed by atoms with Gasteiger partial charge >= 0.3 is 0 Å². The van der Waals surface area contributed by atoms with Gasteiger partial charge in [0.2, 0.25) is 0 Å². The summed E-state index contributed by atoms with van der Waals surface area (Å²) in [5.74, 6) is -0.581. The fourth-order valence-electron chi connectivity index (χ4n) is 3.38. The number of carbonyl (C=O) groups excluding carboxylic acids is 1. The van der Waals surface area contributed by atoms with Crippen LogP contribution in [-0.4, -0.2) is 27.1 Å². The van der Waals surface area contributed by atoms with Crippen LogP contribution in [0.4, 0.5) is 0 Å². The highest BCUT2D eigenvalue weighted by atomic mass is 16.3. The van der Waals surface area contributed by atoms with Crippen molar-refractivity contribution in [2.75, 3.05) is 0 Å². The lowest BCUT2D eigenvalue weighted by Crippen LogP contribution is -2.27. The van der Waals surface area contributed by atoms with Crippen molar-refractivity contribution in [3.63, 3.8) is 0 Å². The third-order valence-electron chi connectivity index (χ3n) is 4.69. The van der Waals surface area contributed by atoms with Gasteiger partial charge in [-0.2, -0.15) is 0 Å². The first-order chi connectivity index (χ1) is 11.6. The van der Waals surface area contributed by atoms with Gasteiger partial charge in [-0.3, -0.25) is 14.8 Å². The summed E-state index contributed by atoms with van der Waals surface area (Å²) >= 11 is 0. The average Bonchev–Trinajstić information content (AvgIpc) is 2.61. The van der Waals surface area contributed by atoms with Gasteiger partial charge in [-0.15, -0.1) is 0 Å². The minimum absolute atomic E-state index is 0.101. The summed E-state index contributed by atoms with van der Waals surface area (Å²) in [5, 5.41) is 10.3. The number of aliphatic hydroxyl groups is 1. The van der Waals surface area contributed by atoms with Crippen LogP contribution in [0.25, 0.3) is 0 Å². The van der Waals surface area contributed by atoms with E-state index in [2.05, 4.69) is 4.98 Å². The van der Waals surface area contributed by atoms with Crippen LogP contribution >= 0.6 is 0 Å². The molecule has 1 amide bonds. The van der Waals surface area contributed by atoms with E-state index in [0.29, 0.717) is 11.3 Å². The Kier molecular flexibility index (Phi) is 5.20. The Balaban J connectivity index is 1.83. The van der Waals surface area contributed by atoms with E-state index in [1.54, 1.807) is 12.3 Å². The van der Waals surface area contributed by atoms with Crippen LogP contribution < -0.4 is 5.73 Å². The molecule has 0 radical (unpaired) electrons. The molecular weight excluding hydrogens is 302 g/mol. The number of primary amides is 1. The first-order valence-electron chi connectivity index (χ1n) is 8.52. The van der Waals surface area contributed by atoms with E-state index in [1.165, 1.54) is 0 Å². The van der Waals surface area contributed by atoms with Gasteiger partial charge in [0.15, 0.2) is 0 Å². The zero-order valence-electron chi connectivity index (χ0n) is 13.7. The largest absolute Gasteiger partial charge is 0.392 e. The number of aromatic nitrogens is 2. The van der Waals surface area contributed by atoms with Gasteiger partial charge < -0.3 is 10.8 Å². The first-order valence-corrected chi connectivity index (χ1v) is 8.52. The molecule has 0 spiro atoms. The summed E-state index contributed by atoms with van der Waals surface area (Å²) in [6.45, 7) is 0. The van der Waals surface area contributed by atoms with E-state index >= 15 is 0 Å². The number of hydrogen-bond acceptors (Lipinski definition) is 4. The van der Waals surface area contributed by atoms with Gasteiger partial charge in [0.1, 0.15) is 0 Å². The van der Waals surface area contributed by atoms with Crippen LogP contribution in [0.2, 0.25) is 0 Å². The summed E-state index contributed by atoms with van der Waals surface area (Å²) in [6, 6.07) is 9.45. The Morgan fingerprint density at radius 3 is 2.62 bits per heavy atom. The van der Waals surface area contributed by atoms with Crippen molar-refractivity contribution in [1.82, 2.24) is 9.97 Å². The van der Waals surface area contributed by atoms with Crippen LogP contribution in [0.1, 0.15) is 59.0 Å². The number of carbonyl (C=O) groups is 1. The lowest BCUT2D eigenvalue weighted by atomic mass is 9.82. The zero-order chi connectivity index (χ0) is 16.9. The van der Waals surface area contributed by atoms with Crippen molar-refractivity contribution >= 4 is 5.91 Å². The molecule has 1 saturated carbocycles. The molecular formula is C19H23N3O2. The van der Waals surface area contributed by atoms with Crippen molar-refractivity contribution in [1.29, 1.82) is 0 Å². The Bertz CT molecular complexity index is 703. The van der Waals surface area contributed by atoms with E-state index < -0.39 is 12.0 Å². The molecule has 5 nitrogen and oxygen atoms in total. The van der Waals surface area contributed by atoms with Gasteiger partial charge in [-0.05, 0) is 49.9 Å². The predicted molar refractivity (Wildman–Crippen MR) is 91.6 cm³/mol. The van der Waals surface area contributed by atoms with Crippen molar-refractivity contribution < 1.29 is 9.90 Å². The summed E-state index contributed by atoms with van der Waals surface area (Å²) in [7, 11) is 0. The number of amides is 1.